The van der Waals surface area contributed by atoms with Gasteiger partial charge in [0.2, 0.25) is 5.91 Å². The smallest absolute Gasteiger partial charge is 0.233 e. The van der Waals surface area contributed by atoms with E-state index in [1.807, 2.05) is 41.3 Å². The number of carbonyl (C=O) groups excluding carboxylic acids is 1. The molecule has 0 N–H and O–H groups in total. The highest BCUT2D eigenvalue weighted by molar-refractivity contribution is 7.22. The number of morpholine rings is 1. The number of hydrogen-bond donors (Lipinski definition) is 0. The van der Waals surface area contributed by atoms with Crippen LogP contribution in [0.15, 0.2) is 78.9 Å². The molecule has 0 radical (unpaired) electrons. The number of thiazole rings is 1. The second kappa shape index (κ2) is 10.9. The van der Waals surface area contributed by atoms with Crippen LogP contribution in [0.5, 0.6) is 0 Å². The van der Waals surface area contributed by atoms with Gasteiger partial charge in [0.05, 0.1) is 29.9 Å². The first kappa shape index (κ1) is 22.7. The van der Waals surface area contributed by atoms with E-state index < -0.39 is 0 Å². The normalized spacial score (nSPS) is 14.4. The molecule has 0 bridgehead atoms. The molecular weight excluding hydrogens is 442 g/mol. The summed E-state index contributed by atoms with van der Waals surface area (Å²) in [6.07, 6.45) is 1.27. The maximum absolute atomic E-state index is 13.5. The lowest BCUT2D eigenvalue weighted by Gasteiger charge is -2.27. The van der Waals surface area contributed by atoms with E-state index in [-0.39, 0.29) is 5.91 Å². The summed E-state index contributed by atoms with van der Waals surface area (Å²) in [5.41, 5.74) is 4.30. The fourth-order valence-corrected chi connectivity index (χ4v) is 5.30. The molecule has 0 spiro atoms. The van der Waals surface area contributed by atoms with E-state index in [9.17, 15) is 4.79 Å². The van der Waals surface area contributed by atoms with Crippen LogP contribution in [0.1, 0.15) is 12.0 Å². The first-order valence-electron chi connectivity index (χ1n) is 11.9. The summed E-state index contributed by atoms with van der Waals surface area (Å²) in [6, 6.07) is 26.7. The predicted molar refractivity (Wildman–Crippen MR) is 139 cm³/mol. The largest absolute Gasteiger partial charge is 0.379 e. The summed E-state index contributed by atoms with van der Waals surface area (Å²) in [4.78, 5) is 22.6. The van der Waals surface area contributed by atoms with Crippen LogP contribution in [0, 0.1) is 0 Å². The lowest BCUT2D eigenvalue weighted by Crippen LogP contribution is -2.39. The third-order valence-corrected chi connectivity index (χ3v) is 7.25. The highest BCUT2D eigenvalue weighted by Gasteiger charge is 2.21. The molecule has 0 unspecified atom stereocenters. The lowest BCUT2D eigenvalue weighted by molar-refractivity contribution is -0.118. The Morgan fingerprint density at radius 1 is 0.912 bits per heavy atom. The number of ether oxygens (including phenoxy) is 1. The van der Waals surface area contributed by atoms with E-state index in [1.54, 1.807) is 11.3 Å². The van der Waals surface area contributed by atoms with Crippen molar-refractivity contribution in [3.05, 3.63) is 84.4 Å². The third kappa shape index (κ3) is 5.53. The van der Waals surface area contributed by atoms with Crippen molar-refractivity contribution in [1.82, 2.24) is 9.88 Å². The molecule has 4 aromatic rings. The summed E-state index contributed by atoms with van der Waals surface area (Å²) in [7, 11) is 0. The van der Waals surface area contributed by atoms with Gasteiger partial charge in [0.25, 0.3) is 0 Å². The number of aromatic nitrogens is 1. The zero-order valence-corrected chi connectivity index (χ0v) is 20.0. The molecular formula is C28H29N3O2S. The van der Waals surface area contributed by atoms with Gasteiger partial charge in [0.1, 0.15) is 0 Å². The quantitative estimate of drug-likeness (QED) is 0.352. The maximum atomic E-state index is 13.5. The van der Waals surface area contributed by atoms with Crippen LogP contribution in [0.3, 0.4) is 0 Å². The first-order valence-corrected chi connectivity index (χ1v) is 12.7. The number of fused-ring (bicyclic) bond motifs is 1. The van der Waals surface area contributed by atoms with Crippen LogP contribution in [0.4, 0.5) is 5.13 Å². The number of anilines is 1. The Morgan fingerprint density at radius 2 is 1.62 bits per heavy atom. The van der Waals surface area contributed by atoms with E-state index >= 15 is 0 Å². The number of hydrogen-bond acceptors (Lipinski definition) is 5. The van der Waals surface area contributed by atoms with E-state index in [0.717, 1.165) is 65.7 Å². The molecule has 0 saturated carbocycles. The third-order valence-electron chi connectivity index (χ3n) is 6.19. The molecule has 34 heavy (non-hydrogen) atoms. The Morgan fingerprint density at radius 3 is 2.38 bits per heavy atom. The lowest BCUT2D eigenvalue weighted by atomic mass is 10.0. The number of carbonyl (C=O) groups is 1. The van der Waals surface area contributed by atoms with Crippen molar-refractivity contribution in [3.8, 4) is 11.1 Å². The minimum atomic E-state index is 0.0912. The standard InChI is InChI=1S/C28H29N3O2S/c32-27(21-22-11-13-24(14-12-22)23-7-2-1-3-8-23)31(16-6-15-30-17-19-33-20-18-30)28-29-25-9-4-5-10-26(25)34-28/h1-5,7-14H,6,15-21H2. The highest BCUT2D eigenvalue weighted by Crippen LogP contribution is 2.29. The van der Waals surface area contributed by atoms with Gasteiger partial charge in [-0.15, -0.1) is 0 Å². The molecule has 2 heterocycles. The van der Waals surface area contributed by atoms with Gasteiger partial charge >= 0.3 is 0 Å². The molecule has 0 atom stereocenters. The van der Waals surface area contributed by atoms with Crippen molar-refractivity contribution in [1.29, 1.82) is 0 Å². The summed E-state index contributed by atoms with van der Waals surface area (Å²) in [5, 5.41) is 0.786. The van der Waals surface area contributed by atoms with Crippen molar-refractivity contribution in [3.63, 3.8) is 0 Å². The summed E-state index contributed by atoms with van der Waals surface area (Å²) < 4.78 is 6.56. The van der Waals surface area contributed by atoms with Crippen molar-refractivity contribution in [2.45, 2.75) is 12.8 Å². The van der Waals surface area contributed by atoms with Crippen molar-refractivity contribution in [2.75, 3.05) is 44.3 Å². The Bertz CT molecular complexity index is 1180. The number of amides is 1. The Hall–Kier alpha value is -3.06. The zero-order chi connectivity index (χ0) is 23.2. The van der Waals surface area contributed by atoms with Gasteiger partial charge in [-0.2, -0.15) is 0 Å². The topological polar surface area (TPSA) is 45.7 Å². The minimum Gasteiger partial charge on any atom is -0.379 e. The molecule has 1 aliphatic rings. The molecule has 3 aromatic carbocycles. The zero-order valence-electron chi connectivity index (χ0n) is 19.2. The van der Waals surface area contributed by atoms with Crippen LogP contribution < -0.4 is 4.90 Å². The number of benzene rings is 3. The van der Waals surface area contributed by atoms with Crippen LogP contribution >= 0.6 is 11.3 Å². The summed E-state index contributed by atoms with van der Waals surface area (Å²) in [5.74, 6) is 0.0912. The van der Waals surface area contributed by atoms with E-state index in [2.05, 4.69) is 47.4 Å². The van der Waals surface area contributed by atoms with Gasteiger partial charge in [-0.05, 0) is 35.2 Å². The van der Waals surface area contributed by atoms with Gasteiger partial charge in [0.15, 0.2) is 5.13 Å². The van der Waals surface area contributed by atoms with Crippen molar-refractivity contribution < 1.29 is 9.53 Å². The Kier molecular flexibility index (Phi) is 7.29. The second-order valence-electron chi connectivity index (χ2n) is 8.56. The fraction of sp³-hybridized carbons (Fsp3) is 0.286. The molecule has 174 valence electrons. The molecule has 5 nitrogen and oxygen atoms in total. The number of rotatable bonds is 8. The average Bonchev–Trinajstić information content (AvgIpc) is 3.32. The molecule has 1 saturated heterocycles. The van der Waals surface area contributed by atoms with Crippen LogP contribution in [-0.2, 0) is 16.0 Å². The number of nitrogens with zero attached hydrogens (tertiary/aromatic N) is 3. The average molecular weight is 472 g/mol. The van der Waals surface area contributed by atoms with E-state index in [4.69, 9.17) is 9.72 Å². The monoisotopic (exact) mass is 471 g/mol. The SMILES string of the molecule is O=C(Cc1ccc(-c2ccccc2)cc1)N(CCCN1CCOCC1)c1nc2ccccc2s1. The van der Waals surface area contributed by atoms with E-state index in [0.29, 0.717) is 13.0 Å². The van der Waals surface area contributed by atoms with Crippen molar-refractivity contribution in [2.24, 2.45) is 0 Å². The second-order valence-corrected chi connectivity index (χ2v) is 9.57. The fourth-order valence-electron chi connectivity index (χ4n) is 4.30. The van der Waals surface area contributed by atoms with Gasteiger partial charge in [-0.25, -0.2) is 4.98 Å². The van der Waals surface area contributed by atoms with Gasteiger partial charge in [-0.1, -0.05) is 78.1 Å². The molecule has 5 rings (SSSR count). The van der Waals surface area contributed by atoms with Gasteiger partial charge in [0, 0.05) is 26.2 Å². The molecule has 0 aliphatic carbocycles. The van der Waals surface area contributed by atoms with Crippen LogP contribution in [0.25, 0.3) is 21.3 Å². The van der Waals surface area contributed by atoms with Gasteiger partial charge in [-0.3, -0.25) is 14.6 Å². The minimum absolute atomic E-state index is 0.0912. The Labute approximate surface area is 204 Å². The summed E-state index contributed by atoms with van der Waals surface area (Å²) in [6.45, 7) is 5.13. The molecule has 1 fully saturated rings. The van der Waals surface area contributed by atoms with Crippen LogP contribution in [-0.4, -0.2) is 55.2 Å². The first-order chi connectivity index (χ1) is 16.8. The summed E-state index contributed by atoms with van der Waals surface area (Å²) >= 11 is 1.59. The molecule has 1 aliphatic heterocycles. The molecule has 6 heteroatoms. The Balaban J connectivity index is 1.30. The van der Waals surface area contributed by atoms with Crippen LogP contribution in [0.2, 0.25) is 0 Å². The maximum Gasteiger partial charge on any atom is 0.233 e. The van der Waals surface area contributed by atoms with E-state index in [1.165, 1.54) is 5.56 Å². The number of para-hydroxylation sites is 1. The van der Waals surface area contributed by atoms with Crippen molar-refractivity contribution >= 4 is 32.6 Å². The highest BCUT2D eigenvalue weighted by atomic mass is 32.1. The molecule has 1 aromatic heterocycles. The predicted octanol–water partition coefficient (Wildman–Crippen LogP) is 5.26. The van der Waals surface area contributed by atoms with Gasteiger partial charge < -0.3 is 4.74 Å². The molecule has 1 amide bonds.